The number of rotatable bonds is 8. The van der Waals surface area contributed by atoms with Gasteiger partial charge in [0.1, 0.15) is 11.6 Å². The minimum absolute atomic E-state index is 0.422. The highest BCUT2D eigenvalue weighted by molar-refractivity contribution is 7.86. The van der Waals surface area contributed by atoms with Gasteiger partial charge in [0, 0.05) is 73.3 Å². The third kappa shape index (κ3) is 6.58. The largest absolute Gasteiger partial charge is 0.449 e. The van der Waals surface area contributed by atoms with Crippen molar-refractivity contribution in [3.05, 3.63) is 35.7 Å². The quantitative estimate of drug-likeness (QED) is 0.372. The zero-order chi connectivity index (χ0) is 27.6. The van der Waals surface area contributed by atoms with E-state index in [0.717, 1.165) is 24.5 Å². The molecule has 14 heteroatoms. The van der Waals surface area contributed by atoms with Gasteiger partial charge in [0.05, 0.1) is 26.0 Å². The molecule has 0 spiro atoms. The van der Waals surface area contributed by atoms with Gasteiger partial charge in [-0.25, -0.2) is 9.97 Å². The molecular formula is C25H36N8O5S. The lowest BCUT2D eigenvalue weighted by Crippen LogP contribution is -2.51. The molecule has 0 atom stereocenters. The molecule has 0 bridgehead atoms. The van der Waals surface area contributed by atoms with Crippen LogP contribution < -0.4 is 19.8 Å². The number of piperazine rings is 1. The third-order valence-electron chi connectivity index (χ3n) is 6.65. The van der Waals surface area contributed by atoms with Gasteiger partial charge in [-0.2, -0.15) is 22.1 Å². The Bertz CT molecular complexity index is 1310. The van der Waals surface area contributed by atoms with E-state index < -0.39 is 16.0 Å². The Kier molecular flexibility index (Phi) is 7.91. The molecule has 1 aromatic carbocycles. The maximum atomic E-state index is 12.5. The van der Waals surface area contributed by atoms with Crippen molar-refractivity contribution in [2.75, 3.05) is 76.9 Å². The lowest BCUT2D eigenvalue weighted by atomic mass is 10.2. The zero-order valence-corrected chi connectivity index (χ0v) is 23.6. The molecule has 4 heterocycles. The van der Waals surface area contributed by atoms with E-state index in [1.165, 1.54) is 8.61 Å². The van der Waals surface area contributed by atoms with Crippen LogP contribution in [0.4, 0.5) is 11.6 Å². The highest BCUT2D eigenvalue weighted by Gasteiger charge is 2.31. The molecule has 212 valence electrons. The second-order valence-corrected chi connectivity index (χ2v) is 12.4. The van der Waals surface area contributed by atoms with Gasteiger partial charge in [-0.15, -0.1) is 0 Å². The van der Waals surface area contributed by atoms with Crippen LogP contribution in [0.1, 0.15) is 25.2 Å². The molecule has 2 saturated heterocycles. The van der Waals surface area contributed by atoms with Crippen LogP contribution in [-0.2, 0) is 21.5 Å². The van der Waals surface area contributed by atoms with Crippen LogP contribution >= 0.6 is 0 Å². The smallest absolute Gasteiger partial charge is 0.281 e. The molecule has 3 aliphatic rings. The number of hydrazone groups is 1. The minimum atomic E-state index is -3.42. The van der Waals surface area contributed by atoms with E-state index in [9.17, 15) is 8.42 Å². The van der Waals surface area contributed by atoms with E-state index >= 15 is 0 Å². The Morgan fingerprint density at radius 2 is 1.74 bits per heavy atom. The molecule has 2 aromatic rings. The fourth-order valence-corrected chi connectivity index (χ4v) is 5.69. The fourth-order valence-electron chi connectivity index (χ4n) is 4.61. The summed E-state index contributed by atoms with van der Waals surface area (Å²) in [5.74, 6) is 2.73. The summed E-state index contributed by atoms with van der Waals surface area (Å²) in [7, 11) is -0.312. The van der Waals surface area contributed by atoms with Gasteiger partial charge < -0.3 is 19.1 Å². The number of fused-ring (bicyclic) bond motifs is 1. The molecule has 39 heavy (non-hydrogen) atoms. The number of anilines is 2. The summed E-state index contributed by atoms with van der Waals surface area (Å²) in [5.41, 5.74) is 3.91. The topological polar surface area (TPSA) is 125 Å². The van der Waals surface area contributed by atoms with Gasteiger partial charge in [-0.3, -0.25) is 10.3 Å². The fraction of sp³-hybridized carbons (Fsp3) is 0.560. The minimum Gasteiger partial charge on any atom is -0.449 e. The van der Waals surface area contributed by atoms with Crippen molar-refractivity contribution in [2.45, 2.75) is 26.2 Å². The maximum absolute atomic E-state index is 12.5. The normalized spacial score (nSPS) is 20.2. The number of hydrogen-bond donors (Lipinski definition) is 1. The van der Waals surface area contributed by atoms with Crippen molar-refractivity contribution < 1.29 is 22.6 Å². The lowest BCUT2D eigenvalue weighted by Gasteiger charge is -2.35. The van der Waals surface area contributed by atoms with E-state index in [-0.39, 0.29) is 0 Å². The highest BCUT2D eigenvalue weighted by atomic mass is 32.2. The molecule has 0 unspecified atom stereocenters. The Hall–Kier alpha value is -3.04. The molecule has 1 aromatic heterocycles. The van der Waals surface area contributed by atoms with Crippen LogP contribution in [0.3, 0.4) is 0 Å². The summed E-state index contributed by atoms with van der Waals surface area (Å²) in [6.07, 6.45) is 1.70. The Balaban J connectivity index is 1.28. The van der Waals surface area contributed by atoms with Crippen molar-refractivity contribution in [3.63, 3.8) is 0 Å². The number of aromatic nitrogens is 2. The van der Waals surface area contributed by atoms with Crippen LogP contribution in [-0.4, -0.2) is 110 Å². The summed E-state index contributed by atoms with van der Waals surface area (Å²) in [5, 5.41) is 4.40. The Labute approximate surface area is 229 Å². The van der Waals surface area contributed by atoms with Gasteiger partial charge >= 0.3 is 0 Å². The molecular weight excluding hydrogens is 524 g/mol. The molecule has 0 amide bonds. The average Bonchev–Trinajstić information content (AvgIpc) is 3.22. The Morgan fingerprint density at radius 1 is 1.03 bits per heavy atom. The SMILES string of the molecule is CN(C)S(=O)(=O)N1CCN(Cc2nc(N/N=C/c3ccc4c(c3)OC(C)(C)O4)cc(N3CCOCC3)n2)CC1. The van der Waals surface area contributed by atoms with E-state index in [1.807, 2.05) is 38.1 Å². The van der Waals surface area contributed by atoms with Gasteiger partial charge in [-0.05, 0) is 23.8 Å². The molecule has 5 rings (SSSR count). The van der Waals surface area contributed by atoms with Crippen LogP contribution in [0.5, 0.6) is 11.5 Å². The first-order valence-corrected chi connectivity index (χ1v) is 14.4. The van der Waals surface area contributed by atoms with E-state index in [1.54, 1.807) is 20.3 Å². The van der Waals surface area contributed by atoms with Crippen LogP contribution in [0, 0.1) is 0 Å². The number of nitrogens with zero attached hydrogens (tertiary/aromatic N) is 7. The third-order valence-corrected chi connectivity index (χ3v) is 8.59. The molecule has 3 aliphatic heterocycles. The molecule has 0 saturated carbocycles. The highest BCUT2D eigenvalue weighted by Crippen LogP contribution is 2.39. The standard InChI is InChI=1S/C25H36N8O5S/c1-25(2)37-20-6-5-19(15-21(20)38-25)17-26-29-22-16-24(32-11-13-36-14-12-32)28-23(27-22)18-31-7-9-33(10-8-31)39(34,35)30(3)4/h5-6,15-17H,7-14,18H2,1-4H3,(H,27,28,29)/b26-17+. The second-order valence-electron chi connectivity index (χ2n) is 10.3. The van der Waals surface area contributed by atoms with Crippen molar-refractivity contribution in [2.24, 2.45) is 5.10 Å². The monoisotopic (exact) mass is 560 g/mol. The summed E-state index contributed by atoms with van der Waals surface area (Å²) >= 11 is 0. The van der Waals surface area contributed by atoms with Crippen molar-refractivity contribution in [3.8, 4) is 11.5 Å². The van der Waals surface area contributed by atoms with Crippen molar-refractivity contribution >= 4 is 28.1 Å². The molecule has 2 fully saturated rings. The number of benzene rings is 1. The number of morpholine rings is 1. The van der Waals surface area contributed by atoms with Crippen LogP contribution in [0.15, 0.2) is 29.4 Å². The van der Waals surface area contributed by atoms with E-state index in [4.69, 9.17) is 24.2 Å². The summed E-state index contributed by atoms with van der Waals surface area (Å²) in [6.45, 7) is 9.05. The second kappa shape index (κ2) is 11.2. The number of hydrogen-bond acceptors (Lipinski definition) is 11. The summed E-state index contributed by atoms with van der Waals surface area (Å²) < 4.78 is 44.8. The first-order valence-electron chi connectivity index (χ1n) is 13.0. The van der Waals surface area contributed by atoms with Gasteiger partial charge in [0.15, 0.2) is 17.3 Å². The van der Waals surface area contributed by atoms with Gasteiger partial charge in [0.25, 0.3) is 10.2 Å². The molecule has 0 aliphatic carbocycles. The van der Waals surface area contributed by atoms with E-state index in [0.29, 0.717) is 69.1 Å². The zero-order valence-electron chi connectivity index (χ0n) is 22.8. The predicted octanol–water partition coefficient (Wildman–Crippen LogP) is 1.19. The van der Waals surface area contributed by atoms with E-state index in [2.05, 4.69) is 20.3 Å². The van der Waals surface area contributed by atoms with Crippen molar-refractivity contribution in [1.29, 1.82) is 0 Å². The first-order chi connectivity index (χ1) is 18.6. The number of ether oxygens (including phenoxy) is 3. The number of nitrogens with one attached hydrogen (secondary N) is 1. The molecule has 0 radical (unpaired) electrons. The van der Waals surface area contributed by atoms with Gasteiger partial charge in [0.2, 0.25) is 5.79 Å². The lowest BCUT2D eigenvalue weighted by molar-refractivity contribution is -0.0431. The predicted molar refractivity (Wildman–Crippen MR) is 148 cm³/mol. The average molecular weight is 561 g/mol. The first kappa shape index (κ1) is 27.5. The molecule has 13 nitrogen and oxygen atoms in total. The summed E-state index contributed by atoms with van der Waals surface area (Å²) in [6, 6.07) is 7.55. The van der Waals surface area contributed by atoms with Gasteiger partial charge in [-0.1, -0.05) is 0 Å². The molecule has 1 N–H and O–H groups in total. The van der Waals surface area contributed by atoms with Crippen molar-refractivity contribution in [1.82, 2.24) is 23.5 Å². The van der Waals surface area contributed by atoms with Crippen LogP contribution in [0.2, 0.25) is 0 Å². The Morgan fingerprint density at radius 3 is 2.46 bits per heavy atom. The van der Waals surface area contributed by atoms with Crippen LogP contribution in [0.25, 0.3) is 0 Å². The summed E-state index contributed by atoms with van der Waals surface area (Å²) in [4.78, 5) is 13.9. The maximum Gasteiger partial charge on any atom is 0.281 e.